The average Bonchev–Trinajstić information content (AvgIpc) is 3.00. The van der Waals surface area contributed by atoms with Crippen LogP contribution in [-0.4, -0.2) is 16.9 Å². The molecule has 0 atom stereocenters. The zero-order valence-electron chi connectivity index (χ0n) is 14.1. The van der Waals surface area contributed by atoms with Gasteiger partial charge < -0.3 is 9.52 Å². The number of furan rings is 1. The molecule has 0 aliphatic carbocycles. The first-order chi connectivity index (χ1) is 11.1. The first kappa shape index (κ1) is 19.2. The SMILES string of the molecule is CCCCCCCCCCCC(=O)c1ccc(C=CC(=O)O)o1. The van der Waals surface area contributed by atoms with E-state index in [4.69, 9.17) is 9.52 Å². The van der Waals surface area contributed by atoms with E-state index in [1.807, 2.05) is 0 Å². The quantitative estimate of drug-likeness (QED) is 0.297. The standard InChI is InChI=1S/C19H28O4/c1-2-3-4-5-6-7-8-9-10-11-17(20)18-14-12-16(23-18)13-15-19(21)22/h12-15H,2-11H2,1H3,(H,21,22). The van der Waals surface area contributed by atoms with Crippen molar-refractivity contribution in [3.8, 4) is 0 Å². The maximum atomic E-state index is 12.0. The number of Topliss-reactive ketones (excluding diaryl/α,β-unsaturated/α-hetero) is 1. The summed E-state index contributed by atoms with van der Waals surface area (Å²) in [6.07, 6.45) is 13.8. The van der Waals surface area contributed by atoms with Gasteiger partial charge in [-0.25, -0.2) is 4.79 Å². The van der Waals surface area contributed by atoms with Crippen LogP contribution in [0, 0.1) is 0 Å². The van der Waals surface area contributed by atoms with E-state index in [0.717, 1.165) is 18.9 Å². The molecule has 0 bridgehead atoms. The molecule has 4 heteroatoms. The van der Waals surface area contributed by atoms with Gasteiger partial charge in [0.05, 0.1) is 0 Å². The summed E-state index contributed by atoms with van der Waals surface area (Å²) < 4.78 is 5.33. The van der Waals surface area contributed by atoms with E-state index in [0.29, 0.717) is 17.9 Å². The monoisotopic (exact) mass is 320 g/mol. The molecule has 1 aromatic heterocycles. The number of carboxylic acid groups (broad SMARTS) is 1. The Morgan fingerprint density at radius 3 is 2.22 bits per heavy atom. The van der Waals surface area contributed by atoms with Gasteiger partial charge in [-0.1, -0.05) is 58.3 Å². The van der Waals surface area contributed by atoms with Gasteiger partial charge >= 0.3 is 5.97 Å². The van der Waals surface area contributed by atoms with Gasteiger partial charge in [-0.15, -0.1) is 0 Å². The van der Waals surface area contributed by atoms with Crippen LogP contribution in [0.2, 0.25) is 0 Å². The van der Waals surface area contributed by atoms with E-state index in [2.05, 4.69) is 6.92 Å². The molecule has 0 fully saturated rings. The number of hydrogen-bond donors (Lipinski definition) is 1. The van der Waals surface area contributed by atoms with Crippen LogP contribution in [0.1, 0.15) is 87.4 Å². The van der Waals surface area contributed by atoms with Crippen LogP contribution < -0.4 is 0 Å². The summed E-state index contributed by atoms with van der Waals surface area (Å²) in [4.78, 5) is 22.4. The second-order valence-corrected chi connectivity index (χ2v) is 5.88. The Kier molecular flexibility index (Phi) is 9.76. The molecule has 0 aromatic carbocycles. The Balaban J connectivity index is 2.13. The van der Waals surface area contributed by atoms with E-state index in [1.165, 1.54) is 51.0 Å². The molecule has 1 rings (SSSR count). The highest BCUT2D eigenvalue weighted by atomic mass is 16.4. The van der Waals surface area contributed by atoms with Gasteiger partial charge in [0.15, 0.2) is 11.5 Å². The molecule has 0 amide bonds. The molecular formula is C19H28O4. The largest absolute Gasteiger partial charge is 0.478 e. The zero-order valence-corrected chi connectivity index (χ0v) is 14.1. The van der Waals surface area contributed by atoms with Gasteiger partial charge in [-0.05, 0) is 24.6 Å². The zero-order chi connectivity index (χ0) is 16.9. The summed E-state index contributed by atoms with van der Waals surface area (Å²) in [5.41, 5.74) is 0. The van der Waals surface area contributed by atoms with Crippen molar-refractivity contribution >= 4 is 17.8 Å². The summed E-state index contributed by atoms with van der Waals surface area (Å²) in [6.45, 7) is 2.22. The summed E-state index contributed by atoms with van der Waals surface area (Å²) >= 11 is 0. The van der Waals surface area contributed by atoms with Crippen molar-refractivity contribution in [2.24, 2.45) is 0 Å². The molecule has 0 aliphatic rings. The highest BCUT2D eigenvalue weighted by Crippen LogP contribution is 2.15. The fourth-order valence-corrected chi connectivity index (χ4v) is 2.47. The lowest BCUT2D eigenvalue weighted by atomic mass is 10.1. The van der Waals surface area contributed by atoms with Crippen molar-refractivity contribution in [1.82, 2.24) is 0 Å². The van der Waals surface area contributed by atoms with Crippen LogP contribution in [-0.2, 0) is 4.79 Å². The molecule has 0 saturated carbocycles. The molecule has 0 spiro atoms. The molecule has 0 unspecified atom stereocenters. The third kappa shape index (κ3) is 9.01. The predicted molar refractivity (Wildman–Crippen MR) is 91.6 cm³/mol. The third-order valence-corrected chi connectivity index (χ3v) is 3.80. The van der Waals surface area contributed by atoms with E-state index in [9.17, 15) is 9.59 Å². The number of unbranched alkanes of at least 4 members (excludes halogenated alkanes) is 8. The number of hydrogen-bond acceptors (Lipinski definition) is 3. The molecule has 0 aliphatic heterocycles. The van der Waals surface area contributed by atoms with Crippen LogP contribution in [0.5, 0.6) is 0 Å². The molecule has 0 radical (unpaired) electrons. The third-order valence-electron chi connectivity index (χ3n) is 3.80. The number of carbonyl (C=O) groups is 2. The summed E-state index contributed by atoms with van der Waals surface area (Å²) in [7, 11) is 0. The van der Waals surface area contributed by atoms with Gasteiger partial charge in [0.2, 0.25) is 0 Å². The van der Waals surface area contributed by atoms with E-state index < -0.39 is 5.97 Å². The van der Waals surface area contributed by atoms with Crippen molar-refractivity contribution in [2.45, 2.75) is 71.1 Å². The predicted octanol–water partition coefficient (Wildman–Crippen LogP) is 5.48. The van der Waals surface area contributed by atoms with Crippen molar-refractivity contribution < 1.29 is 19.1 Å². The Labute approximate surface area is 138 Å². The molecule has 1 aromatic rings. The van der Waals surface area contributed by atoms with Crippen LogP contribution in [0.4, 0.5) is 0 Å². The van der Waals surface area contributed by atoms with Crippen LogP contribution in [0.15, 0.2) is 22.6 Å². The van der Waals surface area contributed by atoms with Gasteiger partial charge in [0.25, 0.3) is 0 Å². The minimum absolute atomic E-state index is 0.0112. The van der Waals surface area contributed by atoms with Crippen LogP contribution in [0.3, 0.4) is 0 Å². The van der Waals surface area contributed by atoms with Gasteiger partial charge in [0, 0.05) is 12.5 Å². The Morgan fingerprint density at radius 1 is 1.00 bits per heavy atom. The van der Waals surface area contributed by atoms with E-state index >= 15 is 0 Å². The number of aliphatic carboxylic acids is 1. The van der Waals surface area contributed by atoms with Crippen LogP contribution in [0.25, 0.3) is 6.08 Å². The maximum absolute atomic E-state index is 12.0. The lowest BCUT2D eigenvalue weighted by Gasteiger charge is -2.01. The first-order valence-electron chi connectivity index (χ1n) is 8.67. The number of ketones is 1. The highest BCUT2D eigenvalue weighted by molar-refractivity contribution is 5.93. The molecule has 128 valence electrons. The summed E-state index contributed by atoms with van der Waals surface area (Å²) in [5, 5.41) is 8.54. The van der Waals surface area contributed by atoms with Crippen molar-refractivity contribution in [3.05, 3.63) is 29.7 Å². The Morgan fingerprint density at radius 2 is 1.61 bits per heavy atom. The molecule has 1 heterocycles. The molecule has 23 heavy (non-hydrogen) atoms. The fourth-order valence-electron chi connectivity index (χ4n) is 2.47. The van der Waals surface area contributed by atoms with Gasteiger partial charge in [-0.2, -0.15) is 0 Å². The van der Waals surface area contributed by atoms with Gasteiger partial charge in [0.1, 0.15) is 5.76 Å². The molecular weight excluding hydrogens is 292 g/mol. The Bertz CT molecular complexity index is 499. The molecule has 0 saturated heterocycles. The van der Waals surface area contributed by atoms with Gasteiger partial charge in [-0.3, -0.25) is 4.79 Å². The van der Waals surface area contributed by atoms with Crippen molar-refractivity contribution in [1.29, 1.82) is 0 Å². The Hall–Kier alpha value is -1.84. The summed E-state index contributed by atoms with van der Waals surface area (Å²) in [6, 6.07) is 3.22. The molecule has 4 nitrogen and oxygen atoms in total. The smallest absolute Gasteiger partial charge is 0.328 e. The number of rotatable bonds is 13. The van der Waals surface area contributed by atoms with Crippen molar-refractivity contribution in [3.63, 3.8) is 0 Å². The highest BCUT2D eigenvalue weighted by Gasteiger charge is 2.10. The minimum atomic E-state index is -1.04. The topological polar surface area (TPSA) is 67.5 Å². The second kappa shape index (κ2) is 11.7. The number of carbonyl (C=O) groups excluding carboxylic acids is 1. The lowest BCUT2D eigenvalue weighted by molar-refractivity contribution is -0.131. The summed E-state index contributed by atoms with van der Waals surface area (Å²) in [5.74, 6) is -0.343. The maximum Gasteiger partial charge on any atom is 0.328 e. The van der Waals surface area contributed by atoms with E-state index in [1.54, 1.807) is 12.1 Å². The lowest BCUT2D eigenvalue weighted by Crippen LogP contribution is -1.96. The minimum Gasteiger partial charge on any atom is -0.478 e. The van der Waals surface area contributed by atoms with Crippen molar-refractivity contribution in [2.75, 3.05) is 0 Å². The number of carboxylic acids is 1. The average molecular weight is 320 g/mol. The van der Waals surface area contributed by atoms with E-state index in [-0.39, 0.29) is 5.78 Å². The second-order valence-electron chi connectivity index (χ2n) is 5.88. The fraction of sp³-hybridized carbons (Fsp3) is 0.579. The first-order valence-corrected chi connectivity index (χ1v) is 8.67. The normalized spacial score (nSPS) is 11.2. The van der Waals surface area contributed by atoms with Crippen LogP contribution >= 0.6 is 0 Å². The molecule has 1 N–H and O–H groups in total.